The van der Waals surface area contributed by atoms with Gasteiger partial charge in [0.05, 0.1) is 18.3 Å². The summed E-state index contributed by atoms with van der Waals surface area (Å²) < 4.78 is 5.72. The van der Waals surface area contributed by atoms with Crippen LogP contribution in [0.3, 0.4) is 0 Å². The summed E-state index contributed by atoms with van der Waals surface area (Å²) in [7, 11) is 1.73. The normalized spacial score (nSPS) is 19.3. The van der Waals surface area contributed by atoms with Crippen LogP contribution in [-0.4, -0.2) is 47.7 Å². The second-order valence-corrected chi connectivity index (χ2v) is 10.4. The number of H-pyrrole nitrogens is 1. The number of aromatic nitrogens is 2. The van der Waals surface area contributed by atoms with Gasteiger partial charge in [-0.15, -0.1) is 0 Å². The molecule has 198 valence electrons. The Morgan fingerprint density at radius 1 is 1.00 bits per heavy atom. The van der Waals surface area contributed by atoms with Gasteiger partial charge in [-0.1, -0.05) is 55.0 Å². The lowest BCUT2D eigenvalue weighted by molar-refractivity contribution is -0.116. The van der Waals surface area contributed by atoms with Crippen LogP contribution in [0.15, 0.2) is 72.3 Å². The van der Waals surface area contributed by atoms with Gasteiger partial charge in [0.25, 0.3) is 0 Å². The molecule has 1 aromatic heterocycles. The van der Waals surface area contributed by atoms with Crippen LogP contribution in [0.4, 0.5) is 0 Å². The number of amides is 1. The molecule has 2 N–H and O–H groups in total. The predicted molar refractivity (Wildman–Crippen MR) is 157 cm³/mol. The number of carbonyl (C=O) groups excluding carboxylic acids is 1. The predicted octanol–water partition coefficient (Wildman–Crippen LogP) is 6.02. The number of aromatic amines is 1. The van der Waals surface area contributed by atoms with E-state index in [1.807, 2.05) is 36.4 Å². The molecule has 0 saturated carbocycles. The largest absolute Gasteiger partial charge is 0.496 e. The first kappa shape index (κ1) is 25.1. The van der Waals surface area contributed by atoms with Crippen molar-refractivity contribution in [2.24, 2.45) is 0 Å². The molecule has 1 atom stereocenters. The van der Waals surface area contributed by atoms with Gasteiger partial charge in [0.1, 0.15) is 5.75 Å². The standard InChI is InChI=1S/C33H34N4O2/c1-39-32-20-24(22-37-16-6-3-7-17-37)10-12-26(32)13-15-30-27-14-11-23(19-31(27)36-35-30)18-28-29(21-34-33(28)38)25-8-4-2-5-9-25/h2,4-5,8-15,18-20,29H,3,6-7,16-17,21-22H2,1H3,(H,34,38)(H,35,36)/b15-13+,28-18+. The fourth-order valence-electron chi connectivity index (χ4n) is 5.70. The fourth-order valence-corrected chi connectivity index (χ4v) is 5.70. The molecule has 2 saturated heterocycles. The Labute approximate surface area is 229 Å². The highest BCUT2D eigenvalue weighted by molar-refractivity contribution is 6.02. The monoisotopic (exact) mass is 518 g/mol. The van der Waals surface area contributed by atoms with E-state index in [0.29, 0.717) is 6.54 Å². The van der Waals surface area contributed by atoms with Crippen molar-refractivity contribution in [1.29, 1.82) is 0 Å². The van der Waals surface area contributed by atoms with Crippen molar-refractivity contribution in [3.05, 3.63) is 100 Å². The number of fused-ring (bicyclic) bond motifs is 1. The Morgan fingerprint density at radius 2 is 1.85 bits per heavy atom. The Morgan fingerprint density at radius 3 is 2.67 bits per heavy atom. The molecule has 4 aromatic rings. The minimum atomic E-state index is -0.00641. The number of rotatable bonds is 7. The minimum Gasteiger partial charge on any atom is -0.496 e. The number of methoxy groups -OCH3 is 1. The van der Waals surface area contributed by atoms with Crippen molar-refractivity contribution in [2.75, 3.05) is 26.7 Å². The molecule has 6 rings (SSSR count). The molecule has 39 heavy (non-hydrogen) atoms. The van der Waals surface area contributed by atoms with Gasteiger partial charge < -0.3 is 10.1 Å². The maximum absolute atomic E-state index is 12.6. The van der Waals surface area contributed by atoms with Gasteiger partial charge >= 0.3 is 0 Å². The number of nitrogens with zero attached hydrogens (tertiary/aromatic N) is 2. The summed E-state index contributed by atoms with van der Waals surface area (Å²) in [6, 6.07) is 22.8. The van der Waals surface area contributed by atoms with Crippen LogP contribution >= 0.6 is 0 Å². The Kier molecular flexibility index (Phi) is 7.28. The number of carbonyl (C=O) groups is 1. The first-order valence-electron chi connectivity index (χ1n) is 13.8. The molecule has 6 nitrogen and oxygen atoms in total. The van der Waals surface area contributed by atoms with Gasteiger partial charge in [-0.3, -0.25) is 14.8 Å². The number of ether oxygens (including phenoxy) is 1. The second kappa shape index (κ2) is 11.3. The summed E-state index contributed by atoms with van der Waals surface area (Å²) in [5.41, 5.74) is 7.01. The third-order valence-corrected chi connectivity index (χ3v) is 7.82. The summed E-state index contributed by atoms with van der Waals surface area (Å²) in [6.45, 7) is 3.95. The highest BCUT2D eigenvalue weighted by Crippen LogP contribution is 2.31. The molecule has 1 amide bonds. The first-order chi connectivity index (χ1) is 19.2. The van der Waals surface area contributed by atoms with Gasteiger partial charge in [0.2, 0.25) is 5.91 Å². The zero-order chi connectivity index (χ0) is 26.6. The average Bonchev–Trinajstić information content (AvgIpc) is 3.55. The zero-order valence-corrected chi connectivity index (χ0v) is 22.3. The molecule has 0 spiro atoms. The number of piperidine rings is 1. The molecule has 0 bridgehead atoms. The van der Waals surface area contributed by atoms with E-state index in [1.54, 1.807) is 7.11 Å². The quantitative estimate of drug-likeness (QED) is 0.293. The lowest BCUT2D eigenvalue weighted by atomic mass is 9.92. The van der Waals surface area contributed by atoms with Crippen LogP contribution in [0.5, 0.6) is 5.75 Å². The van der Waals surface area contributed by atoms with Crippen molar-refractivity contribution in [3.8, 4) is 5.75 Å². The van der Waals surface area contributed by atoms with E-state index < -0.39 is 0 Å². The molecule has 2 fully saturated rings. The van der Waals surface area contributed by atoms with Gasteiger partial charge in [-0.2, -0.15) is 5.10 Å². The third-order valence-electron chi connectivity index (χ3n) is 7.82. The molecular weight excluding hydrogens is 484 g/mol. The topological polar surface area (TPSA) is 70.2 Å². The summed E-state index contributed by atoms with van der Waals surface area (Å²) in [5, 5.41) is 11.7. The van der Waals surface area contributed by atoms with Gasteiger partial charge in [0, 0.05) is 35.5 Å². The van der Waals surface area contributed by atoms with Crippen molar-refractivity contribution >= 4 is 35.0 Å². The van der Waals surface area contributed by atoms with Crippen LogP contribution in [0.1, 0.15) is 53.1 Å². The molecule has 3 heterocycles. The highest BCUT2D eigenvalue weighted by atomic mass is 16.5. The number of hydrogen-bond donors (Lipinski definition) is 2. The molecule has 2 aliphatic heterocycles. The molecule has 3 aromatic carbocycles. The zero-order valence-electron chi connectivity index (χ0n) is 22.3. The Hall–Kier alpha value is -4.16. The highest BCUT2D eigenvalue weighted by Gasteiger charge is 2.29. The molecular formula is C33H34N4O2. The van der Waals surface area contributed by atoms with E-state index in [0.717, 1.165) is 51.2 Å². The molecule has 6 heteroatoms. The van der Waals surface area contributed by atoms with Crippen LogP contribution in [0.2, 0.25) is 0 Å². The number of nitrogens with one attached hydrogen (secondary N) is 2. The van der Waals surface area contributed by atoms with Crippen molar-refractivity contribution < 1.29 is 9.53 Å². The van der Waals surface area contributed by atoms with Crippen LogP contribution in [0, 0.1) is 0 Å². The van der Waals surface area contributed by atoms with Crippen molar-refractivity contribution in [2.45, 2.75) is 31.7 Å². The van der Waals surface area contributed by atoms with Crippen LogP contribution < -0.4 is 10.1 Å². The Balaban J connectivity index is 1.21. The van der Waals surface area contributed by atoms with Crippen molar-refractivity contribution in [3.63, 3.8) is 0 Å². The van der Waals surface area contributed by atoms with Crippen LogP contribution in [-0.2, 0) is 11.3 Å². The number of hydrogen-bond acceptors (Lipinski definition) is 4. The third kappa shape index (κ3) is 5.52. The summed E-state index contributed by atoms with van der Waals surface area (Å²) in [6.07, 6.45) is 10.00. The molecule has 1 unspecified atom stereocenters. The fraction of sp³-hybridized carbons (Fsp3) is 0.273. The summed E-state index contributed by atoms with van der Waals surface area (Å²) in [5.74, 6) is 0.918. The smallest absolute Gasteiger partial charge is 0.247 e. The Bertz CT molecular complexity index is 1530. The average molecular weight is 519 g/mol. The first-order valence-corrected chi connectivity index (χ1v) is 13.8. The maximum atomic E-state index is 12.6. The van der Waals surface area contributed by atoms with E-state index in [2.05, 4.69) is 69.0 Å². The van der Waals surface area contributed by atoms with Gasteiger partial charge in [-0.25, -0.2) is 0 Å². The molecule has 0 radical (unpaired) electrons. The maximum Gasteiger partial charge on any atom is 0.247 e. The number of likely N-dealkylation sites (tertiary alicyclic amines) is 1. The van der Waals surface area contributed by atoms with Crippen LogP contribution in [0.25, 0.3) is 29.1 Å². The summed E-state index contributed by atoms with van der Waals surface area (Å²) >= 11 is 0. The van der Waals surface area contributed by atoms with E-state index in [4.69, 9.17) is 4.74 Å². The van der Waals surface area contributed by atoms with E-state index in [-0.39, 0.29) is 11.8 Å². The minimum absolute atomic E-state index is 0.00641. The van der Waals surface area contributed by atoms with E-state index >= 15 is 0 Å². The second-order valence-electron chi connectivity index (χ2n) is 10.4. The van der Waals surface area contributed by atoms with E-state index in [9.17, 15) is 4.79 Å². The van der Waals surface area contributed by atoms with E-state index in [1.165, 1.54) is 37.9 Å². The summed E-state index contributed by atoms with van der Waals surface area (Å²) in [4.78, 5) is 15.1. The van der Waals surface area contributed by atoms with Gasteiger partial charge in [-0.05, 0) is 79.0 Å². The lowest BCUT2D eigenvalue weighted by Gasteiger charge is -2.26. The van der Waals surface area contributed by atoms with Crippen molar-refractivity contribution in [1.82, 2.24) is 20.4 Å². The molecule has 0 aliphatic carbocycles. The van der Waals surface area contributed by atoms with Gasteiger partial charge in [0.15, 0.2) is 0 Å². The SMILES string of the molecule is COc1cc(CN2CCCCC2)ccc1/C=C/c1n[nH]c2cc(/C=C3/C(=O)NCC3c3ccccc3)ccc12. The number of benzene rings is 3. The molecule has 2 aliphatic rings. The lowest BCUT2D eigenvalue weighted by Crippen LogP contribution is -2.29.